The maximum atomic E-state index is 5.58. The van der Waals surface area contributed by atoms with Crippen molar-refractivity contribution < 1.29 is 9.47 Å². The quantitative estimate of drug-likeness (QED) is 0.353. The fraction of sp³-hybridized carbons (Fsp3) is 0.700. The fourth-order valence-electron chi connectivity index (χ4n) is 4.18. The van der Waals surface area contributed by atoms with Crippen LogP contribution in [0.15, 0.2) is 23.3 Å². The first-order chi connectivity index (χ1) is 13.3. The topological polar surface area (TPSA) is 71.0 Å². The lowest BCUT2D eigenvalue weighted by Crippen LogP contribution is -2.60. The largest absolute Gasteiger partial charge is 0.481 e. The van der Waals surface area contributed by atoms with Gasteiger partial charge >= 0.3 is 0 Å². The minimum absolute atomic E-state index is 0. The van der Waals surface area contributed by atoms with Gasteiger partial charge in [-0.1, -0.05) is 19.3 Å². The summed E-state index contributed by atoms with van der Waals surface area (Å²) in [7, 11) is 3.46. The van der Waals surface area contributed by atoms with E-state index in [0.717, 1.165) is 44.4 Å². The van der Waals surface area contributed by atoms with Gasteiger partial charge in [0.05, 0.1) is 20.3 Å². The van der Waals surface area contributed by atoms with Gasteiger partial charge in [-0.05, 0) is 24.5 Å². The molecule has 1 aromatic heterocycles. The summed E-state index contributed by atoms with van der Waals surface area (Å²) in [6.45, 7) is 5.36. The second-order valence-electron chi connectivity index (χ2n) is 7.37. The van der Waals surface area contributed by atoms with Crippen LogP contribution in [-0.4, -0.2) is 68.4 Å². The smallest absolute Gasteiger partial charge is 0.213 e. The number of morpholine rings is 1. The van der Waals surface area contributed by atoms with E-state index >= 15 is 0 Å². The van der Waals surface area contributed by atoms with E-state index in [9.17, 15) is 0 Å². The Kier molecular flexibility index (Phi) is 9.73. The number of rotatable bonds is 6. The van der Waals surface area contributed by atoms with Crippen molar-refractivity contribution in [3.63, 3.8) is 0 Å². The molecule has 7 nitrogen and oxygen atoms in total. The van der Waals surface area contributed by atoms with E-state index in [2.05, 4.69) is 25.5 Å². The van der Waals surface area contributed by atoms with Crippen molar-refractivity contribution >= 4 is 29.9 Å². The monoisotopic (exact) mass is 503 g/mol. The zero-order valence-corrected chi connectivity index (χ0v) is 19.4. The SMILES string of the molecule is CN=C(NCc1ccnc(OC)c1)NCC1(N2CCOCC2)CCCCC1.I. The van der Waals surface area contributed by atoms with E-state index < -0.39 is 0 Å². The number of hydrogen-bond acceptors (Lipinski definition) is 5. The first kappa shape index (κ1) is 23.2. The molecule has 0 atom stereocenters. The second-order valence-corrected chi connectivity index (χ2v) is 7.37. The second kappa shape index (κ2) is 11.8. The molecule has 0 radical (unpaired) electrons. The minimum Gasteiger partial charge on any atom is -0.481 e. The average Bonchev–Trinajstić information content (AvgIpc) is 2.75. The maximum Gasteiger partial charge on any atom is 0.213 e. The molecule has 8 heteroatoms. The normalized spacial score (nSPS) is 20.1. The van der Waals surface area contributed by atoms with Gasteiger partial charge < -0.3 is 20.1 Å². The number of guanidine groups is 1. The summed E-state index contributed by atoms with van der Waals surface area (Å²) in [5.41, 5.74) is 1.34. The van der Waals surface area contributed by atoms with Gasteiger partial charge in [0.2, 0.25) is 5.88 Å². The van der Waals surface area contributed by atoms with Crippen molar-refractivity contribution in [2.45, 2.75) is 44.2 Å². The zero-order chi connectivity index (χ0) is 19.0. The van der Waals surface area contributed by atoms with Crippen LogP contribution in [0.25, 0.3) is 0 Å². The van der Waals surface area contributed by atoms with Gasteiger partial charge in [0.15, 0.2) is 5.96 Å². The van der Waals surface area contributed by atoms with E-state index in [1.807, 2.05) is 19.2 Å². The van der Waals surface area contributed by atoms with E-state index in [-0.39, 0.29) is 29.5 Å². The number of aromatic nitrogens is 1. The van der Waals surface area contributed by atoms with Crippen LogP contribution in [0.3, 0.4) is 0 Å². The number of methoxy groups -OCH3 is 1. The van der Waals surface area contributed by atoms with Gasteiger partial charge in [0, 0.05) is 51.0 Å². The molecule has 2 aliphatic rings. The lowest BCUT2D eigenvalue weighted by molar-refractivity contribution is -0.0352. The molecule has 0 bridgehead atoms. The van der Waals surface area contributed by atoms with Gasteiger partial charge in [-0.2, -0.15) is 0 Å². The Morgan fingerprint density at radius 2 is 2.00 bits per heavy atom. The molecule has 1 aliphatic heterocycles. The summed E-state index contributed by atoms with van der Waals surface area (Å²) >= 11 is 0. The number of ether oxygens (including phenoxy) is 2. The Bertz CT molecular complexity index is 616. The molecule has 0 spiro atoms. The van der Waals surface area contributed by atoms with Crippen molar-refractivity contribution in [2.24, 2.45) is 4.99 Å². The Balaban J connectivity index is 0.00000280. The van der Waals surface area contributed by atoms with E-state index in [1.165, 1.54) is 32.1 Å². The van der Waals surface area contributed by atoms with Crippen LogP contribution in [0.5, 0.6) is 5.88 Å². The third-order valence-corrected chi connectivity index (χ3v) is 5.74. The lowest BCUT2D eigenvalue weighted by atomic mass is 9.80. The molecule has 158 valence electrons. The van der Waals surface area contributed by atoms with Crippen LogP contribution in [-0.2, 0) is 11.3 Å². The molecule has 2 fully saturated rings. The van der Waals surface area contributed by atoms with E-state index in [4.69, 9.17) is 9.47 Å². The molecular weight excluding hydrogens is 469 g/mol. The molecule has 28 heavy (non-hydrogen) atoms. The standard InChI is InChI=1S/C20H33N5O2.HI/c1-21-19(23-15-17-6-9-22-18(14-17)26-2)24-16-20(7-4-3-5-8-20)25-10-12-27-13-11-25;/h6,9,14H,3-5,7-8,10-13,15-16H2,1-2H3,(H2,21,23,24);1H. The average molecular weight is 503 g/mol. The predicted molar refractivity (Wildman–Crippen MR) is 123 cm³/mol. The van der Waals surface area contributed by atoms with Gasteiger partial charge in [-0.3, -0.25) is 9.89 Å². The number of pyridine rings is 1. The summed E-state index contributed by atoms with van der Waals surface area (Å²) in [6.07, 6.45) is 8.23. The van der Waals surface area contributed by atoms with Crippen LogP contribution < -0.4 is 15.4 Å². The third-order valence-electron chi connectivity index (χ3n) is 5.74. The van der Waals surface area contributed by atoms with Crippen molar-refractivity contribution in [1.82, 2.24) is 20.5 Å². The number of nitrogens with one attached hydrogen (secondary N) is 2. The van der Waals surface area contributed by atoms with Crippen LogP contribution in [0, 0.1) is 0 Å². The molecule has 1 saturated carbocycles. The van der Waals surface area contributed by atoms with Gasteiger partial charge in [-0.25, -0.2) is 4.98 Å². The van der Waals surface area contributed by atoms with Crippen LogP contribution in [0.2, 0.25) is 0 Å². The zero-order valence-electron chi connectivity index (χ0n) is 17.1. The first-order valence-corrected chi connectivity index (χ1v) is 10.0. The number of halogens is 1. The molecule has 0 amide bonds. The Labute approximate surface area is 185 Å². The Morgan fingerprint density at radius 3 is 2.68 bits per heavy atom. The molecule has 1 aromatic rings. The van der Waals surface area contributed by atoms with Crippen molar-refractivity contribution in [1.29, 1.82) is 0 Å². The van der Waals surface area contributed by atoms with Crippen molar-refractivity contribution in [2.75, 3.05) is 47.0 Å². The summed E-state index contributed by atoms with van der Waals surface area (Å²) in [5.74, 6) is 1.47. The lowest BCUT2D eigenvalue weighted by Gasteiger charge is -2.48. The maximum absolute atomic E-state index is 5.58. The summed E-state index contributed by atoms with van der Waals surface area (Å²) in [5, 5.41) is 6.99. The number of aliphatic imine (C=N–C) groups is 1. The van der Waals surface area contributed by atoms with Crippen LogP contribution in [0.4, 0.5) is 0 Å². The molecule has 0 aromatic carbocycles. The third kappa shape index (κ3) is 6.18. The molecule has 2 N–H and O–H groups in total. The molecule has 1 aliphatic carbocycles. The van der Waals surface area contributed by atoms with Crippen molar-refractivity contribution in [3.05, 3.63) is 23.9 Å². The highest BCUT2D eigenvalue weighted by Gasteiger charge is 2.38. The summed E-state index contributed by atoms with van der Waals surface area (Å²) in [4.78, 5) is 11.2. The molecule has 3 rings (SSSR count). The minimum atomic E-state index is 0. The van der Waals surface area contributed by atoms with Gasteiger partial charge in [-0.15, -0.1) is 24.0 Å². The molecular formula is C20H34IN5O2. The van der Waals surface area contributed by atoms with Gasteiger partial charge in [0.25, 0.3) is 0 Å². The Hall–Kier alpha value is -1.13. The number of hydrogen-bond donors (Lipinski definition) is 2. The molecule has 1 saturated heterocycles. The van der Waals surface area contributed by atoms with Crippen LogP contribution >= 0.6 is 24.0 Å². The van der Waals surface area contributed by atoms with Crippen LogP contribution in [0.1, 0.15) is 37.7 Å². The Morgan fingerprint density at radius 1 is 1.25 bits per heavy atom. The number of nitrogens with zero attached hydrogens (tertiary/aromatic N) is 3. The molecule has 0 unspecified atom stereocenters. The summed E-state index contributed by atoms with van der Waals surface area (Å²) < 4.78 is 10.8. The van der Waals surface area contributed by atoms with Gasteiger partial charge in [0.1, 0.15) is 0 Å². The fourth-order valence-corrected chi connectivity index (χ4v) is 4.18. The van der Waals surface area contributed by atoms with Crippen molar-refractivity contribution in [3.8, 4) is 5.88 Å². The summed E-state index contributed by atoms with van der Waals surface area (Å²) in [6, 6.07) is 3.93. The van der Waals surface area contributed by atoms with E-state index in [1.54, 1.807) is 13.3 Å². The first-order valence-electron chi connectivity index (χ1n) is 10.0. The highest BCUT2D eigenvalue weighted by molar-refractivity contribution is 14.0. The predicted octanol–water partition coefficient (Wildman–Crippen LogP) is 2.41. The highest BCUT2D eigenvalue weighted by atomic mass is 127. The molecule has 2 heterocycles. The highest BCUT2D eigenvalue weighted by Crippen LogP contribution is 2.33. The van der Waals surface area contributed by atoms with E-state index in [0.29, 0.717) is 12.4 Å².